The summed E-state index contributed by atoms with van der Waals surface area (Å²) in [5.74, 6) is 0.340. The Hall–Kier alpha value is -2.05. The molecule has 1 saturated heterocycles. The van der Waals surface area contributed by atoms with Gasteiger partial charge in [0.15, 0.2) is 0 Å². The van der Waals surface area contributed by atoms with Crippen molar-refractivity contribution in [2.75, 3.05) is 19.6 Å². The maximum absolute atomic E-state index is 12.7. The summed E-state index contributed by atoms with van der Waals surface area (Å²) in [7, 11) is 0. The fourth-order valence-electron chi connectivity index (χ4n) is 3.17. The number of H-pyrrole nitrogens is 1. The smallest absolute Gasteiger partial charge is 0.255 e. The topological polar surface area (TPSA) is 78.1 Å². The summed E-state index contributed by atoms with van der Waals surface area (Å²) < 4.78 is 0. The van der Waals surface area contributed by atoms with E-state index in [2.05, 4.69) is 22.4 Å². The number of aromatic amines is 1. The summed E-state index contributed by atoms with van der Waals surface area (Å²) >= 11 is 12.0. The lowest BCUT2D eigenvalue weighted by Crippen LogP contribution is -2.34. The molecule has 8 heteroatoms. The molecule has 1 aromatic carbocycles. The molecule has 2 unspecified atom stereocenters. The van der Waals surface area contributed by atoms with Crippen molar-refractivity contribution in [1.29, 1.82) is 0 Å². The molecule has 3 rings (SSSR count). The van der Waals surface area contributed by atoms with Crippen LogP contribution in [0, 0.1) is 11.8 Å². The standard InChI is InChI=1S/C18H20Cl2N4O2/c1-11-9-24(18(26)15-3-2-14(19)5-16(15)20)10-13(11)8-21-17(25)4-12-6-22-23-7-12/h2-3,5-7,11,13H,4,8-10H2,1H3,(H,21,25)(H,22,23). The monoisotopic (exact) mass is 394 g/mol. The van der Waals surface area contributed by atoms with E-state index in [1.807, 2.05) is 0 Å². The molecule has 138 valence electrons. The van der Waals surface area contributed by atoms with Gasteiger partial charge in [0.1, 0.15) is 0 Å². The van der Waals surface area contributed by atoms with Gasteiger partial charge in [-0.15, -0.1) is 0 Å². The van der Waals surface area contributed by atoms with Gasteiger partial charge in [-0.25, -0.2) is 0 Å². The van der Waals surface area contributed by atoms with Gasteiger partial charge in [-0.2, -0.15) is 5.10 Å². The third-order valence-corrected chi connectivity index (χ3v) is 5.25. The number of likely N-dealkylation sites (tertiary alicyclic amines) is 1. The minimum absolute atomic E-state index is 0.0517. The first kappa shape index (κ1) is 18.7. The van der Waals surface area contributed by atoms with Gasteiger partial charge in [-0.1, -0.05) is 30.1 Å². The Kier molecular flexibility index (Phi) is 5.84. The van der Waals surface area contributed by atoms with Crippen molar-refractivity contribution < 1.29 is 9.59 Å². The fourth-order valence-corrected chi connectivity index (χ4v) is 3.66. The van der Waals surface area contributed by atoms with Crippen LogP contribution in [0.15, 0.2) is 30.6 Å². The number of hydrogen-bond donors (Lipinski definition) is 2. The van der Waals surface area contributed by atoms with E-state index >= 15 is 0 Å². The molecule has 1 fully saturated rings. The van der Waals surface area contributed by atoms with Crippen molar-refractivity contribution in [3.8, 4) is 0 Å². The number of carbonyl (C=O) groups is 2. The molecule has 2 N–H and O–H groups in total. The van der Waals surface area contributed by atoms with Crippen molar-refractivity contribution in [3.63, 3.8) is 0 Å². The second-order valence-electron chi connectivity index (χ2n) is 6.66. The van der Waals surface area contributed by atoms with Crippen LogP contribution < -0.4 is 5.32 Å². The van der Waals surface area contributed by atoms with Gasteiger partial charge in [-0.3, -0.25) is 14.7 Å². The normalized spacial score (nSPS) is 19.6. The molecule has 2 amide bonds. The molecule has 2 atom stereocenters. The molecular weight excluding hydrogens is 375 g/mol. The molecule has 6 nitrogen and oxygen atoms in total. The highest BCUT2D eigenvalue weighted by Crippen LogP contribution is 2.27. The Bertz CT molecular complexity index is 794. The maximum Gasteiger partial charge on any atom is 0.255 e. The summed E-state index contributed by atoms with van der Waals surface area (Å²) in [6, 6.07) is 4.88. The molecule has 26 heavy (non-hydrogen) atoms. The Morgan fingerprint density at radius 3 is 2.85 bits per heavy atom. The number of rotatable bonds is 5. The summed E-state index contributed by atoms with van der Waals surface area (Å²) in [4.78, 5) is 26.5. The lowest BCUT2D eigenvalue weighted by Gasteiger charge is -2.17. The molecular formula is C18H20Cl2N4O2. The zero-order valence-corrected chi connectivity index (χ0v) is 15.8. The number of amides is 2. The number of hydrogen-bond acceptors (Lipinski definition) is 3. The van der Waals surface area contributed by atoms with E-state index < -0.39 is 0 Å². The van der Waals surface area contributed by atoms with Crippen LogP contribution in [0.2, 0.25) is 10.0 Å². The Morgan fingerprint density at radius 1 is 1.35 bits per heavy atom. The molecule has 2 aromatic rings. The number of nitrogens with one attached hydrogen (secondary N) is 2. The van der Waals surface area contributed by atoms with Crippen molar-refractivity contribution in [1.82, 2.24) is 20.4 Å². The zero-order valence-electron chi connectivity index (χ0n) is 14.3. The first-order chi connectivity index (χ1) is 12.4. The van der Waals surface area contributed by atoms with Gasteiger partial charge >= 0.3 is 0 Å². The van der Waals surface area contributed by atoms with Crippen molar-refractivity contribution in [2.45, 2.75) is 13.3 Å². The van der Waals surface area contributed by atoms with E-state index in [1.54, 1.807) is 35.5 Å². The van der Waals surface area contributed by atoms with E-state index in [-0.39, 0.29) is 17.7 Å². The van der Waals surface area contributed by atoms with E-state index in [9.17, 15) is 9.59 Å². The van der Waals surface area contributed by atoms with Gasteiger partial charge in [0, 0.05) is 30.9 Å². The number of nitrogens with zero attached hydrogens (tertiary/aromatic N) is 2. The maximum atomic E-state index is 12.7. The summed E-state index contributed by atoms with van der Waals surface area (Å²) in [5.41, 5.74) is 1.30. The summed E-state index contributed by atoms with van der Waals surface area (Å²) in [6.45, 7) is 3.85. The van der Waals surface area contributed by atoms with Gasteiger partial charge in [-0.05, 0) is 35.6 Å². The average Bonchev–Trinajstić information content (AvgIpc) is 3.22. The third-order valence-electron chi connectivity index (χ3n) is 4.70. The molecule has 1 aliphatic heterocycles. The average molecular weight is 395 g/mol. The van der Waals surface area contributed by atoms with Crippen LogP contribution in [0.3, 0.4) is 0 Å². The van der Waals surface area contributed by atoms with E-state index in [0.717, 1.165) is 5.56 Å². The largest absolute Gasteiger partial charge is 0.355 e. The first-order valence-electron chi connectivity index (χ1n) is 8.42. The molecule has 1 aliphatic rings. The van der Waals surface area contributed by atoms with Crippen LogP contribution >= 0.6 is 23.2 Å². The predicted molar refractivity (Wildman–Crippen MR) is 100 cm³/mol. The van der Waals surface area contributed by atoms with Crippen molar-refractivity contribution >= 4 is 35.0 Å². The van der Waals surface area contributed by atoms with Gasteiger partial charge in [0.25, 0.3) is 5.91 Å². The van der Waals surface area contributed by atoms with Crippen LogP contribution in [-0.4, -0.2) is 46.5 Å². The lowest BCUT2D eigenvalue weighted by molar-refractivity contribution is -0.120. The molecule has 0 bridgehead atoms. The Morgan fingerprint density at radius 2 is 2.15 bits per heavy atom. The fraction of sp³-hybridized carbons (Fsp3) is 0.389. The Labute approximate surface area is 161 Å². The molecule has 0 saturated carbocycles. The number of halogens is 2. The highest BCUT2D eigenvalue weighted by Gasteiger charge is 2.33. The molecule has 0 aliphatic carbocycles. The molecule has 0 spiro atoms. The zero-order chi connectivity index (χ0) is 18.7. The second kappa shape index (κ2) is 8.10. The molecule has 1 aromatic heterocycles. The van der Waals surface area contributed by atoms with E-state index in [1.165, 1.54) is 0 Å². The lowest BCUT2D eigenvalue weighted by atomic mass is 9.98. The van der Waals surface area contributed by atoms with Crippen molar-refractivity contribution in [2.24, 2.45) is 11.8 Å². The van der Waals surface area contributed by atoms with Gasteiger partial charge in [0.05, 0.1) is 23.2 Å². The quantitative estimate of drug-likeness (QED) is 0.817. The molecule has 2 heterocycles. The first-order valence-corrected chi connectivity index (χ1v) is 9.18. The van der Waals surface area contributed by atoms with E-state index in [0.29, 0.717) is 47.6 Å². The van der Waals surface area contributed by atoms with Gasteiger partial charge in [0.2, 0.25) is 5.91 Å². The number of aromatic nitrogens is 2. The van der Waals surface area contributed by atoms with Gasteiger partial charge < -0.3 is 10.2 Å². The van der Waals surface area contributed by atoms with Crippen LogP contribution in [0.1, 0.15) is 22.8 Å². The second-order valence-corrected chi connectivity index (χ2v) is 7.50. The van der Waals surface area contributed by atoms with Crippen LogP contribution in [0.4, 0.5) is 0 Å². The molecule has 0 radical (unpaired) electrons. The minimum Gasteiger partial charge on any atom is -0.355 e. The summed E-state index contributed by atoms with van der Waals surface area (Å²) in [5, 5.41) is 10.3. The predicted octanol–water partition coefficient (Wildman–Crippen LogP) is 2.78. The van der Waals surface area contributed by atoms with Crippen LogP contribution in [-0.2, 0) is 11.2 Å². The van der Waals surface area contributed by atoms with Crippen LogP contribution in [0.25, 0.3) is 0 Å². The minimum atomic E-state index is -0.106. The highest BCUT2D eigenvalue weighted by atomic mass is 35.5. The SMILES string of the molecule is CC1CN(C(=O)c2ccc(Cl)cc2Cl)CC1CNC(=O)Cc1cn[nH]c1. The third kappa shape index (κ3) is 4.37. The highest BCUT2D eigenvalue weighted by molar-refractivity contribution is 6.36. The van der Waals surface area contributed by atoms with E-state index in [4.69, 9.17) is 23.2 Å². The van der Waals surface area contributed by atoms with Crippen molar-refractivity contribution in [3.05, 3.63) is 51.8 Å². The summed E-state index contributed by atoms with van der Waals surface area (Å²) in [6.07, 6.45) is 3.63. The Balaban J connectivity index is 1.55. The van der Waals surface area contributed by atoms with Crippen LogP contribution in [0.5, 0.6) is 0 Å². The number of carbonyl (C=O) groups excluding carboxylic acids is 2. The number of benzene rings is 1.